The third-order valence-corrected chi connectivity index (χ3v) is 5.66. The second kappa shape index (κ2) is 10.8. The van der Waals surface area contributed by atoms with E-state index >= 15 is 0 Å². The Balaban J connectivity index is 1.67. The smallest absolute Gasteiger partial charge is 0.407 e. The minimum atomic E-state index is -1.49. The Morgan fingerprint density at radius 1 is 1.06 bits per heavy atom. The fourth-order valence-electron chi connectivity index (χ4n) is 3.98. The molecule has 174 valence electrons. The number of nitrogens with one attached hydrogen (secondary N) is 2. The summed E-state index contributed by atoms with van der Waals surface area (Å²) in [6.45, 7) is 4.96. The zero-order chi connectivity index (χ0) is 24.0. The molecule has 0 fully saturated rings. The highest BCUT2D eigenvalue weighted by Crippen LogP contribution is 2.44. The molecular formula is C25H28N2O6. The van der Waals surface area contributed by atoms with E-state index in [-0.39, 0.29) is 18.9 Å². The van der Waals surface area contributed by atoms with Gasteiger partial charge in [-0.1, -0.05) is 54.6 Å². The van der Waals surface area contributed by atoms with Crippen molar-refractivity contribution in [2.45, 2.75) is 43.9 Å². The molecule has 8 nitrogen and oxygen atoms in total. The highest BCUT2D eigenvalue weighted by Gasteiger charge is 2.31. The number of ether oxygens (including phenoxy) is 1. The number of aliphatic carboxylic acids is 1. The Labute approximate surface area is 192 Å². The maximum atomic E-state index is 12.6. The molecule has 3 unspecified atom stereocenters. The van der Waals surface area contributed by atoms with Crippen LogP contribution in [0.2, 0.25) is 0 Å². The second-order valence-electron chi connectivity index (χ2n) is 7.95. The number of carboxylic acid groups (broad SMARTS) is 1. The Kier molecular flexibility index (Phi) is 7.84. The van der Waals surface area contributed by atoms with Gasteiger partial charge in [0.1, 0.15) is 12.6 Å². The van der Waals surface area contributed by atoms with E-state index in [2.05, 4.69) is 17.2 Å². The molecule has 1 aliphatic rings. The number of carboxylic acids is 1. The first-order chi connectivity index (χ1) is 15.8. The van der Waals surface area contributed by atoms with Gasteiger partial charge in [-0.2, -0.15) is 0 Å². The predicted molar refractivity (Wildman–Crippen MR) is 123 cm³/mol. The van der Waals surface area contributed by atoms with Crippen LogP contribution < -0.4 is 10.6 Å². The highest BCUT2D eigenvalue weighted by atomic mass is 16.5. The Hall–Kier alpha value is -3.65. The normalized spacial score (nSPS) is 14.8. The maximum Gasteiger partial charge on any atom is 0.407 e. The average Bonchev–Trinajstić information content (AvgIpc) is 3.12. The van der Waals surface area contributed by atoms with Crippen molar-refractivity contribution in [1.29, 1.82) is 0 Å². The number of aliphatic hydroxyl groups excluding tert-OH is 1. The van der Waals surface area contributed by atoms with Gasteiger partial charge in [0.25, 0.3) is 0 Å². The number of allylic oxidation sites excluding steroid dienone is 1. The molecule has 2 aromatic rings. The molecule has 0 saturated carbocycles. The van der Waals surface area contributed by atoms with Crippen molar-refractivity contribution < 1.29 is 29.3 Å². The molecule has 0 heterocycles. The zero-order valence-electron chi connectivity index (χ0n) is 18.4. The first-order valence-corrected chi connectivity index (χ1v) is 10.8. The van der Waals surface area contributed by atoms with Crippen molar-refractivity contribution >= 4 is 18.0 Å². The summed E-state index contributed by atoms with van der Waals surface area (Å²) in [7, 11) is 0. The van der Waals surface area contributed by atoms with Crippen LogP contribution in [0.1, 0.15) is 36.8 Å². The van der Waals surface area contributed by atoms with E-state index < -0.39 is 36.2 Å². The van der Waals surface area contributed by atoms with Gasteiger partial charge in [-0.3, -0.25) is 4.79 Å². The largest absolute Gasteiger partial charge is 0.480 e. The van der Waals surface area contributed by atoms with E-state index in [9.17, 15) is 24.6 Å². The molecule has 0 radical (unpaired) electrons. The monoisotopic (exact) mass is 452 g/mol. The van der Waals surface area contributed by atoms with E-state index in [0.29, 0.717) is 6.42 Å². The summed E-state index contributed by atoms with van der Waals surface area (Å²) in [5.74, 6) is -2.23. The van der Waals surface area contributed by atoms with E-state index in [4.69, 9.17) is 4.74 Å². The van der Waals surface area contributed by atoms with Crippen LogP contribution in [-0.2, 0) is 14.3 Å². The lowest BCUT2D eigenvalue weighted by Gasteiger charge is -2.22. The lowest BCUT2D eigenvalue weighted by atomic mass is 9.98. The van der Waals surface area contributed by atoms with Gasteiger partial charge >= 0.3 is 12.1 Å². The van der Waals surface area contributed by atoms with Crippen LogP contribution in [0.5, 0.6) is 0 Å². The molecule has 33 heavy (non-hydrogen) atoms. The molecule has 0 spiro atoms. The molecular weight excluding hydrogens is 424 g/mol. The van der Waals surface area contributed by atoms with Crippen LogP contribution in [0.15, 0.2) is 61.2 Å². The standard InChI is InChI=1S/C25H28N2O6/c1-3-4-13-21(23(29)27-22(15(2)28)24(30)31)26-25(32)33-14-20-18-11-7-5-9-16(18)17-10-6-8-12-19(17)20/h3,5-12,15,20-22,28H,1,4,13-14H2,2H3,(H,26,32)(H,27,29)(H,30,31). The minimum absolute atomic E-state index is 0.0844. The summed E-state index contributed by atoms with van der Waals surface area (Å²) in [6.07, 6.45) is 0.106. The van der Waals surface area contributed by atoms with Crippen LogP contribution in [0.25, 0.3) is 11.1 Å². The van der Waals surface area contributed by atoms with Crippen LogP contribution in [-0.4, -0.2) is 53.0 Å². The van der Waals surface area contributed by atoms with Crippen LogP contribution >= 0.6 is 0 Å². The fraction of sp³-hybridized carbons (Fsp3) is 0.320. The van der Waals surface area contributed by atoms with E-state index in [0.717, 1.165) is 22.3 Å². The van der Waals surface area contributed by atoms with Crippen molar-refractivity contribution in [3.8, 4) is 11.1 Å². The van der Waals surface area contributed by atoms with Gasteiger partial charge in [-0.15, -0.1) is 6.58 Å². The molecule has 4 N–H and O–H groups in total. The lowest BCUT2D eigenvalue weighted by Crippen LogP contribution is -2.54. The van der Waals surface area contributed by atoms with Gasteiger partial charge in [0.15, 0.2) is 6.04 Å². The number of aliphatic hydroxyl groups is 1. The maximum absolute atomic E-state index is 12.6. The quantitative estimate of drug-likeness (QED) is 0.411. The number of alkyl carbamates (subject to hydrolysis) is 1. The molecule has 1 aliphatic carbocycles. The predicted octanol–water partition coefficient (Wildman–Crippen LogP) is 2.81. The third kappa shape index (κ3) is 5.59. The summed E-state index contributed by atoms with van der Waals surface area (Å²) in [5, 5.41) is 23.6. The first kappa shape index (κ1) is 24.0. The van der Waals surface area contributed by atoms with Crippen LogP contribution in [0.3, 0.4) is 0 Å². The average molecular weight is 453 g/mol. The number of hydrogen-bond donors (Lipinski definition) is 4. The topological polar surface area (TPSA) is 125 Å². The van der Waals surface area contributed by atoms with Gasteiger partial charge in [0, 0.05) is 5.92 Å². The molecule has 0 aliphatic heterocycles. The molecule has 3 rings (SSSR count). The van der Waals surface area contributed by atoms with Crippen LogP contribution in [0.4, 0.5) is 4.79 Å². The number of rotatable bonds is 10. The number of carbonyl (C=O) groups excluding carboxylic acids is 2. The molecule has 3 atom stereocenters. The van der Waals surface area contributed by atoms with Gasteiger partial charge in [0.05, 0.1) is 6.10 Å². The number of hydrogen-bond acceptors (Lipinski definition) is 5. The van der Waals surface area contributed by atoms with Crippen molar-refractivity contribution in [2.75, 3.05) is 6.61 Å². The van der Waals surface area contributed by atoms with Crippen molar-refractivity contribution in [3.05, 3.63) is 72.3 Å². The molecule has 2 aromatic carbocycles. The summed E-state index contributed by atoms with van der Waals surface area (Å²) in [5.41, 5.74) is 4.33. The first-order valence-electron chi connectivity index (χ1n) is 10.8. The summed E-state index contributed by atoms with van der Waals surface area (Å²) in [6, 6.07) is 13.3. The van der Waals surface area contributed by atoms with Crippen LogP contribution in [0, 0.1) is 0 Å². The highest BCUT2D eigenvalue weighted by molar-refractivity contribution is 5.89. The number of amides is 2. The van der Waals surface area contributed by atoms with Crippen molar-refractivity contribution in [1.82, 2.24) is 10.6 Å². The summed E-state index contributed by atoms with van der Waals surface area (Å²) < 4.78 is 5.48. The molecule has 0 bridgehead atoms. The zero-order valence-corrected chi connectivity index (χ0v) is 18.4. The SMILES string of the molecule is C=CCCC(NC(=O)OCC1c2ccccc2-c2ccccc21)C(=O)NC(C(=O)O)C(C)O. The molecule has 0 aromatic heterocycles. The minimum Gasteiger partial charge on any atom is -0.480 e. The lowest BCUT2D eigenvalue weighted by molar-refractivity contribution is -0.145. The Bertz CT molecular complexity index is 990. The third-order valence-electron chi connectivity index (χ3n) is 5.66. The molecule has 0 saturated heterocycles. The fourth-order valence-corrected chi connectivity index (χ4v) is 3.98. The Morgan fingerprint density at radius 2 is 1.64 bits per heavy atom. The van der Waals surface area contributed by atoms with E-state index in [1.807, 2.05) is 48.5 Å². The number of carbonyl (C=O) groups is 3. The second-order valence-corrected chi connectivity index (χ2v) is 7.95. The van der Waals surface area contributed by atoms with Crippen molar-refractivity contribution in [3.63, 3.8) is 0 Å². The van der Waals surface area contributed by atoms with Gasteiger partial charge < -0.3 is 25.6 Å². The summed E-state index contributed by atoms with van der Waals surface area (Å²) >= 11 is 0. The van der Waals surface area contributed by atoms with E-state index in [1.165, 1.54) is 6.92 Å². The Morgan fingerprint density at radius 3 is 2.15 bits per heavy atom. The van der Waals surface area contributed by atoms with Gasteiger partial charge in [-0.05, 0) is 42.0 Å². The van der Waals surface area contributed by atoms with Gasteiger partial charge in [-0.25, -0.2) is 9.59 Å². The molecule has 8 heteroatoms. The number of benzene rings is 2. The number of fused-ring (bicyclic) bond motifs is 3. The van der Waals surface area contributed by atoms with Crippen molar-refractivity contribution in [2.24, 2.45) is 0 Å². The van der Waals surface area contributed by atoms with Gasteiger partial charge in [0.2, 0.25) is 5.91 Å². The summed E-state index contributed by atoms with van der Waals surface area (Å²) in [4.78, 5) is 36.4. The molecule has 2 amide bonds. The van der Waals surface area contributed by atoms with E-state index in [1.54, 1.807) is 6.08 Å².